The third-order valence-electron chi connectivity index (χ3n) is 7.17. The van der Waals surface area contributed by atoms with Gasteiger partial charge in [0.2, 0.25) is 11.8 Å². The van der Waals surface area contributed by atoms with Crippen molar-refractivity contribution in [3.05, 3.63) is 53.6 Å². The molecule has 6 heteroatoms. The molecule has 2 heterocycles. The Kier molecular flexibility index (Phi) is 5.77. The molecule has 0 saturated heterocycles. The van der Waals surface area contributed by atoms with E-state index >= 15 is 0 Å². The SMILES string of the molecule is O=C(CCC1Cc2ccccc2NC1=O)NCC1(c2ccc3c(c2)OCCO3)CCCC1. The number of para-hydroxylation sites is 1. The van der Waals surface area contributed by atoms with Crippen molar-refractivity contribution in [1.29, 1.82) is 0 Å². The van der Waals surface area contributed by atoms with Crippen molar-refractivity contribution in [3.63, 3.8) is 0 Å². The molecule has 2 aliphatic heterocycles. The van der Waals surface area contributed by atoms with Gasteiger partial charge in [0.1, 0.15) is 13.2 Å². The Hall–Kier alpha value is -3.02. The third-order valence-corrected chi connectivity index (χ3v) is 7.17. The summed E-state index contributed by atoms with van der Waals surface area (Å²) in [6.45, 7) is 1.77. The summed E-state index contributed by atoms with van der Waals surface area (Å²) in [4.78, 5) is 25.1. The van der Waals surface area contributed by atoms with Gasteiger partial charge < -0.3 is 20.1 Å². The average Bonchev–Trinajstić information content (AvgIpc) is 3.31. The van der Waals surface area contributed by atoms with Crippen LogP contribution in [0.1, 0.15) is 49.7 Å². The molecule has 1 saturated carbocycles. The second-order valence-electron chi connectivity index (χ2n) is 9.21. The van der Waals surface area contributed by atoms with Crippen LogP contribution >= 0.6 is 0 Å². The molecule has 1 atom stereocenters. The zero-order chi connectivity index (χ0) is 22.0. The number of benzene rings is 2. The van der Waals surface area contributed by atoms with E-state index in [1.54, 1.807) is 0 Å². The van der Waals surface area contributed by atoms with Gasteiger partial charge in [-0.1, -0.05) is 37.1 Å². The number of hydrogen-bond acceptors (Lipinski definition) is 4. The zero-order valence-electron chi connectivity index (χ0n) is 18.3. The summed E-state index contributed by atoms with van der Waals surface area (Å²) in [5.74, 6) is 1.47. The van der Waals surface area contributed by atoms with Crippen LogP contribution in [0.2, 0.25) is 0 Å². The van der Waals surface area contributed by atoms with E-state index in [0.717, 1.165) is 48.4 Å². The number of hydrogen-bond donors (Lipinski definition) is 2. The molecule has 0 radical (unpaired) electrons. The Labute approximate surface area is 188 Å². The van der Waals surface area contributed by atoms with Crippen molar-refractivity contribution < 1.29 is 19.1 Å². The molecule has 5 rings (SSSR count). The first-order chi connectivity index (χ1) is 15.6. The highest BCUT2D eigenvalue weighted by Gasteiger charge is 2.37. The topological polar surface area (TPSA) is 76.7 Å². The quantitative estimate of drug-likeness (QED) is 0.721. The van der Waals surface area contributed by atoms with Gasteiger partial charge in [-0.05, 0) is 55.0 Å². The van der Waals surface area contributed by atoms with Gasteiger partial charge >= 0.3 is 0 Å². The fourth-order valence-corrected chi connectivity index (χ4v) is 5.30. The molecule has 2 aromatic rings. The van der Waals surface area contributed by atoms with E-state index in [1.165, 1.54) is 5.56 Å². The lowest BCUT2D eigenvalue weighted by molar-refractivity contribution is -0.123. The van der Waals surface area contributed by atoms with Gasteiger partial charge in [0.05, 0.1) is 0 Å². The molecular formula is C26H30N2O4. The lowest BCUT2D eigenvalue weighted by Crippen LogP contribution is -2.39. The Balaban J connectivity index is 1.20. The van der Waals surface area contributed by atoms with E-state index in [2.05, 4.69) is 22.8 Å². The Morgan fingerprint density at radius 1 is 1.06 bits per heavy atom. The fraction of sp³-hybridized carbons (Fsp3) is 0.462. The highest BCUT2D eigenvalue weighted by molar-refractivity contribution is 5.96. The van der Waals surface area contributed by atoms with Crippen LogP contribution in [0, 0.1) is 5.92 Å². The third kappa shape index (κ3) is 4.18. The molecule has 0 bridgehead atoms. The van der Waals surface area contributed by atoms with Crippen LogP contribution in [0.15, 0.2) is 42.5 Å². The molecule has 32 heavy (non-hydrogen) atoms. The maximum atomic E-state index is 12.7. The molecule has 0 spiro atoms. The highest BCUT2D eigenvalue weighted by Crippen LogP contribution is 2.44. The van der Waals surface area contributed by atoms with Gasteiger partial charge in [-0.25, -0.2) is 0 Å². The smallest absolute Gasteiger partial charge is 0.227 e. The fourth-order valence-electron chi connectivity index (χ4n) is 5.30. The van der Waals surface area contributed by atoms with Crippen molar-refractivity contribution in [3.8, 4) is 11.5 Å². The van der Waals surface area contributed by atoms with Crippen LogP contribution < -0.4 is 20.1 Å². The molecular weight excluding hydrogens is 404 g/mol. The Morgan fingerprint density at radius 3 is 2.69 bits per heavy atom. The van der Waals surface area contributed by atoms with Gasteiger partial charge in [-0.2, -0.15) is 0 Å². The standard InChI is InChI=1S/C26H30N2O4/c29-24(10-7-19-15-18-5-1-2-6-21(18)28-25(19)30)27-17-26(11-3-4-12-26)20-8-9-22-23(16-20)32-14-13-31-22/h1-2,5-6,8-9,16,19H,3-4,7,10-15,17H2,(H,27,29)(H,28,30). The van der Waals surface area contributed by atoms with E-state index in [0.29, 0.717) is 39.0 Å². The molecule has 3 aliphatic rings. The lowest BCUT2D eigenvalue weighted by atomic mass is 9.78. The summed E-state index contributed by atoms with van der Waals surface area (Å²) in [5, 5.41) is 6.14. The van der Waals surface area contributed by atoms with E-state index in [-0.39, 0.29) is 23.1 Å². The largest absolute Gasteiger partial charge is 0.486 e. The lowest BCUT2D eigenvalue weighted by Gasteiger charge is -2.31. The van der Waals surface area contributed by atoms with Gasteiger partial charge in [0, 0.05) is 30.0 Å². The minimum atomic E-state index is -0.158. The van der Waals surface area contributed by atoms with Crippen molar-refractivity contribution >= 4 is 17.5 Å². The van der Waals surface area contributed by atoms with Crippen LogP contribution in [0.4, 0.5) is 5.69 Å². The number of nitrogens with one attached hydrogen (secondary N) is 2. The predicted octanol–water partition coefficient (Wildman–Crippen LogP) is 3.98. The molecule has 168 valence electrons. The number of carbonyl (C=O) groups excluding carboxylic acids is 2. The summed E-state index contributed by atoms with van der Waals surface area (Å²) in [6, 6.07) is 14.1. The van der Waals surface area contributed by atoms with Crippen LogP contribution in [0.3, 0.4) is 0 Å². The first kappa shape index (κ1) is 20.9. The number of carbonyl (C=O) groups is 2. The van der Waals surface area contributed by atoms with E-state index in [9.17, 15) is 9.59 Å². The van der Waals surface area contributed by atoms with Gasteiger partial charge in [-0.3, -0.25) is 9.59 Å². The number of anilines is 1. The molecule has 2 N–H and O–H groups in total. The van der Waals surface area contributed by atoms with Crippen molar-refractivity contribution in [2.75, 3.05) is 25.1 Å². The van der Waals surface area contributed by atoms with E-state index in [4.69, 9.17) is 9.47 Å². The van der Waals surface area contributed by atoms with Crippen molar-refractivity contribution in [2.45, 2.75) is 50.4 Å². The minimum absolute atomic E-state index is 0.0139. The number of amides is 2. The number of rotatable bonds is 6. The van der Waals surface area contributed by atoms with Crippen LogP contribution in [-0.4, -0.2) is 31.6 Å². The van der Waals surface area contributed by atoms with Crippen LogP contribution in [-0.2, 0) is 21.4 Å². The second kappa shape index (κ2) is 8.85. The summed E-state index contributed by atoms with van der Waals surface area (Å²) >= 11 is 0. The van der Waals surface area contributed by atoms with E-state index < -0.39 is 0 Å². The Bertz CT molecular complexity index is 1010. The molecule has 1 fully saturated rings. The molecule has 2 amide bonds. The van der Waals surface area contributed by atoms with Gasteiger partial charge in [0.25, 0.3) is 0 Å². The molecule has 0 aromatic heterocycles. The van der Waals surface area contributed by atoms with Gasteiger partial charge in [0.15, 0.2) is 11.5 Å². The molecule has 2 aromatic carbocycles. The predicted molar refractivity (Wildman–Crippen MR) is 122 cm³/mol. The summed E-state index contributed by atoms with van der Waals surface area (Å²) < 4.78 is 11.4. The van der Waals surface area contributed by atoms with E-state index in [1.807, 2.05) is 30.3 Å². The van der Waals surface area contributed by atoms with Crippen molar-refractivity contribution in [2.24, 2.45) is 5.92 Å². The summed E-state index contributed by atoms with van der Waals surface area (Å²) in [5.41, 5.74) is 3.18. The Morgan fingerprint density at radius 2 is 1.84 bits per heavy atom. The average molecular weight is 435 g/mol. The zero-order valence-corrected chi connectivity index (χ0v) is 18.3. The summed E-state index contributed by atoms with van der Waals surface area (Å²) in [7, 11) is 0. The monoisotopic (exact) mass is 434 g/mol. The highest BCUT2D eigenvalue weighted by atomic mass is 16.6. The van der Waals surface area contributed by atoms with Crippen molar-refractivity contribution in [1.82, 2.24) is 5.32 Å². The molecule has 1 aliphatic carbocycles. The maximum absolute atomic E-state index is 12.7. The number of fused-ring (bicyclic) bond motifs is 2. The summed E-state index contributed by atoms with van der Waals surface area (Å²) in [6.07, 6.45) is 6.03. The first-order valence-corrected chi connectivity index (χ1v) is 11.7. The normalized spacial score (nSPS) is 20.9. The second-order valence-corrected chi connectivity index (χ2v) is 9.21. The first-order valence-electron chi connectivity index (χ1n) is 11.7. The molecule has 1 unspecified atom stereocenters. The van der Waals surface area contributed by atoms with Gasteiger partial charge in [-0.15, -0.1) is 0 Å². The van der Waals surface area contributed by atoms with Crippen LogP contribution in [0.5, 0.6) is 11.5 Å². The molecule has 6 nitrogen and oxygen atoms in total. The maximum Gasteiger partial charge on any atom is 0.227 e. The number of ether oxygens (including phenoxy) is 2. The minimum Gasteiger partial charge on any atom is -0.486 e. The van der Waals surface area contributed by atoms with Crippen LogP contribution in [0.25, 0.3) is 0 Å².